The number of hydrogen-bond acceptors (Lipinski definition) is 5. The lowest BCUT2D eigenvalue weighted by molar-refractivity contribution is -0.385. The summed E-state index contributed by atoms with van der Waals surface area (Å²) >= 11 is 0. The predicted molar refractivity (Wildman–Crippen MR) is 69.9 cm³/mol. The molecule has 6 heteroatoms. The molecule has 0 amide bonds. The highest BCUT2D eigenvalue weighted by Gasteiger charge is 2.31. The molecule has 2 atom stereocenters. The van der Waals surface area contributed by atoms with E-state index in [1.54, 1.807) is 6.07 Å². The Morgan fingerprint density at radius 3 is 2.68 bits per heavy atom. The minimum absolute atomic E-state index is 0.128. The third kappa shape index (κ3) is 2.69. The molecule has 2 rings (SSSR count). The van der Waals surface area contributed by atoms with Gasteiger partial charge in [0.2, 0.25) is 0 Å². The van der Waals surface area contributed by atoms with Gasteiger partial charge in [0.05, 0.1) is 24.2 Å². The fourth-order valence-electron chi connectivity index (χ4n) is 2.33. The number of ether oxygens (including phenoxy) is 1. The first-order valence-corrected chi connectivity index (χ1v) is 6.30. The maximum absolute atomic E-state index is 10.9. The average molecular weight is 266 g/mol. The van der Waals surface area contributed by atoms with Crippen LogP contribution in [0.25, 0.3) is 0 Å². The van der Waals surface area contributed by atoms with Crippen molar-refractivity contribution in [2.24, 2.45) is 11.7 Å². The highest BCUT2D eigenvalue weighted by atomic mass is 16.6. The van der Waals surface area contributed by atoms with Gasteiger partial charge in [0.15, 0.2) is 5.75 Å². The van der Waals surface area contributed by atoms with Crippen LogP contribution in [0, 0.1) is 16.0 Å². The van der Waals surface area contributed by atoms with E-state index in [-0.39, 0.29) is 17.4 Å². The molecule has 6 nitrogen and oxygen atoms in total. The third-order valence-corrected chi connectivity index (χ3v) is 3.79. The van der Waals surface area contributed by atoms with Gasteiger partial charge >= 0.3 is 5.69 Å². The molecule has 0 aromatic heterocycles. The number of rotatable bonds is 5. The zero-order chi connectivity index (χ0) is 14.0. The summed E-state index contributed by atoms with van der Waals surface area (Å²) in [4.78, 5) is 10.4. The largest absolute Gasteiger partial charge is 0.490 e. The Hall–Kier alpha value is -1.66. The van der Waals surface area contributed by atoms with Crippen LogP contribution in [-0.2, 0) is 0 Å². The first-order chi connectivity index (χ1) is 9.04. The van der Waals surface area contributed by atoms with Crippen LogP contribution in [0.15, 0.2) is 18.2 Å². The van der Waals surface area contributed by atoms with Gasteiger partial charge in [0, 0.05) is 6.07 Å². The molecule has 1 aromatic carbocycles. The Balaban J connectivity index is 2.24. The zero-order valence-corrected chi connectivity index (χ0v) is 10.8. The predicted octanol–water partition coefficient (Wildman–Crippen LogP) is 1.76. The molecule has 19 heavy (non-hydrogen) atoms. The monoisotopic (exact) mass is 266 g/mol. The molecule has 0 spiro atoms. The van der Waals surface area contributed by atoms with Crippen LogP contribution in [0.2, 0.25) is 0 Å². The normalized spacial score (nSPS) is 18.5. The lowest BCUT2D eigenvalue weighted by Gasteiger charge is -2.33. The van der Waals surface area contributed by atoms with Crippen molar-refractivity contribution < 1.29 is 14.8 Å². The van der Waals surface area contributed by atoms with Crippen LogP contribution < -0.4 is 10.5 Å². The van der Waals surface area contributed by atoms with E-state index in [1.807, 2.05) is 0 Å². The molecule has 104 valence electrons. The van der Waals surface area contributed by atoms with Gasteiger partial charge in [-0.15, -0.1) is 0 Å². The summed E-state index contributed by atoms with van der Waals surface area (Å²) in [6.45, 7) is 0. The van der Waals surface area contributed by atoms with Gasteiger partial charge in [-0.25, -0.2) is 0 Å². The topological polar surface area (TPSA) is 98.6 Å². The molecule has 0 radical (unpaired) electrons. The first kappa shape index (κ1) is 13.8. The lowest BCUT2D eigenvalue weighted by Crippen LogP contribution is -2.36. The van der Waals surface area contributed by atoms with E-state index in [4.69, 9.17) is 10.5 Å². The molecule has 0 saturated heterocycles. The van der Waals surface area contributed by atoms with Crippen LogP contribution >= 0.6 is 0 Å². The van der Waals surface area contributed by atoms with Crippen molar-refractivity contribution in [3.8, 4) is 5.75 Å². The second-order valence-electron chi connectivity index (χ2n) is 4.90. The molecular formula is C13H18N2O4. The summed E-state index contributed by atoms with van der Waals surface area (Å²) in [6.07, 6.45) is 2.39. The number of nitro benzene ring substituents is 1. The van der Waals surface area contributed by atoms with Crippen LogP contribution in [0.1, 0.15) is 30.9 Å². The maximum Gasteiger partial charge on any atom is 0.311 e. The minimum atomic E-state index is -0.651. The van der Waals surface area contributed by atoms with Crippen LogP contribution in [0.4, 0.5) is 5.69 Å². The molecule has 1 aliphatic carbocycles. The Morgan fingerprint density at radius 2 is 2.21 bits per heavy atom. The second kappa shape index (κ2) is 5.54. The summed E-state index contributed by atoms with van der Waals surface area (Å²) in [7, 11) is 1.38. The van der Waals surface area contributed by atoms with Crippen molar-refractivity contribution in [2.75, 3.05) is 7.11 Å². The number of methoxy groups -OCH3 is 1. The van der Waals surface area contributed by atoms with Crippen molar-refractivity contribution >= 4 is 5.69 Å². The summed E-state index contributed by atoms with van der Waals surface area (Å²) < 4.78 is 4.94. The second-order valence-corrected chi connectivity index (χ2v) is 4.90. The number of benzene rings is 1. The van der Waals surface area contributed by atoms with Gasteiger partial charge in [-0.1, -0.05) is 12.5 Å². The van der Waals surface area contributed by atoms with Crippen molar-refractivity contribution in [1.82, 2.24) is 0 Å². The van der Waals surface area contributed by atoms with Crippen LogP contribution in [0.3, 0.4) is 0 Å². The molecule has 0 heterocycles. The number of hydrogen-bond donors (Lipinski definition) is 2. The molecule has 1 saturated carbocycles. The molecule has 0 bridgehead atoms. The number of aliphatic hydroxyl groups excluding tert-OH is 1. The Morgan fingerprint density at radius 1 is 1.53 bits per heavy atom. The van der Waals surface area contributed by atoms with Gasteiger partial charge in [0.25, 0.3) is 0 Å². The fourth-order valence-corrected chi connectivity index (χ4v) is 2.33. The van der Waals surface area contributed by atoms with Gasteiger partial charge in [-0.2, -0.15) is 0 Å². The third-order valence-electron chi connectivity index (χ3n) is 3.79. The highest BCUT2D eigenvalue weighted by molar-refractivity contribution is 5.49. The van der Waals surface area contributed by atoms with Gasteiger partial charge in [-0.05, 0) is 30.4 Å². The standard InChI is InChI=1S/C13H18N2O4/c1-19-11-6-5-9(7-10(11)15(17)18)12(14)13(16)8-3-2-4-8/h5-8,12-13,16H,2-4,14H2,1H3/t12-,13+/m1/s1. The molecule has 0 unspecified atom stereocenters. The van der Waals surface area contributed by atoms with Gasteiger partial charge in [0.1, 0.15) is 0 Å². The summed E-state index contributed by atoms with van der Waals surface area (Å²) in [5, 5.41) is 21.1. The smallest absolute Gasteiger partial charge is 0.311 e. The molecule has 3 N–H and O–H groups in total. The van der Waals surface area contributed by atoms with E-state index < -0.39 is 17.1 Å². The van der Waals surface area contributed by atoms with Crippen molar-refractivity contribution in [3.05, 3.63) is 33.9 Å². The summed E-state index contributed by atoms with van der Waals surface area (Å²) in [5.41, 5.74) is 6.43. The average Bonchev–Trinajstić information content (AvgIpc) is 2.34. The van der Waals surface area contributed by atoms with E-state index in [0.29, 0.717) is 5.56 Å². The number of nitrogens with two attached hydrogens (primary N) is 1. The number of aliphatic hydroxyl groups is 1. The quantitative estimate of drug-likeness (QED) is 0.625. The SMILES string of the molecule is COc1ccc([C@@H](N)[C@@H](O)C2CCC2)cc1[N+](=O)[O-]. The van der Waals surface area contributed by atoms with Gasteiger partial charge in [-0.3, -0.25) is 10.1 Å². The Kier molecular flexibility index (Phi) is 4.01. The molecule has 1 fully saturated rings. The Bertz CT molecular complexity index is 474. The summed E-state index contributed by atoms with van der Waals surface area (Å²) in [5.74, 6) is 0.398. The first-order valence-electron chi connectivity index (χ1n) is 6.30. The van der Waals surface area contributed by atoms with E-state index in [0.717, 1.165) is 19.3 Å². The van der Waals surface area contributed by atoms with E-state index in [2.05, 4.69) is 0 Å². The van der Waals surface area contributed by atoms with Crippen molar-refractivity contribution in [2.45, 2.75) is 31.4 Å². The molecule has 0 aliphatic heterocycles. The van der Waals surface area contributed by atoms with Crippen LogP contribution in [0.5, 0.6) is 5.75 Å². The number of nitrogens with zero attached hydrogens (tertiary/aromatic N) is 1. The van der Waals surface area contributed by atoms with E-state index in [9.17, 15) is 15.2 Å². The Labute approximate surface area is 111 Å². The van der Waals surface area contributed by atoms with Gasteiger partial charge < -0.3 is 15.6 Å². The van der Waals surface area contributed by atoms with E-state index >= 15 is 0 Å². The number of nitro groups is 1. The highest BCUT2D eigenvalue weighted by Crippen LogP contribution is 2.36. The minimum Gasteiger partial charge on any atom is -0.490 e. The van der Waals surface area contributed by atoms with Crippen molar-refractivity contribution in [1.29, 1.82) is 0 Å². The van der Waals surface area contributed by atoms with E-state index in [1.165, 1.54) is 19.2 Å². The lowest BCUT2D eigenvalue weighted by atomic mass is 9.77. The van der Waals surface area contributed by atoms with Crippen LogP contribution in [-0.4, -0.2) is 23.2 Å². The zero-order valence-electron chi connectivity index (χ0n) is 10.8. The van der Waals surface area contributed by atoms with Crippen molar-refractivity contribution in [3.63, 3.8) is 0 Å². The molecular weight excluding hydrogens is 248 g/mol. The molecule has 1 aliphatic rings. The molecule has 1 aromatic rings. The maximum atomic E-state index is 10.9. The summed E-state index contributed by atoms with van der Waals surface area (Å²) in [6, 6.07) is 3.96. The fraction of sp³-hybridized carbons (Fsp3) is 0.538.